The Kier molecular flexibility index (Phi) is 6.86. The number of anilines is 1. The van der Waals surface area contributed by atoms with Crippen LogP contribution in [-0.2, 0) is 11.3 Å². The SMILES string of the molecule is COc1cccc(Sc2ccc(N3CCC[C@H](C(=O)NCc4cccs4)C3)nn2)c1. The first kappa shape index (κ1) is 20.7. The molecular formula is C22H24N4O2S2. The van der Waals surface area contributed by atoms with E-state index in [0.29, 0.717) is 13.1 Å². The highest BCUT2D eigenvalue weighted by molar-refractivity contribution is 7.99. The number of rotatable bonds is 7. The molecule has 1 N–H and O–H groups in total. The lowest BCUT2D eigenvalue weighted by Gasteiger charge is -2.32. The average Bonchev–Trinajstić information content (AvgIpc) is 3.32. The number of nitrogens with zero attached hydrogens (tertiary/aromatic N) is 3. The summed E-state index contributed by atoms with van der Waals surface area (Å²) >= 11 is 3.21. The fourth-order valence-corrected chi connectivity index (χ4v) is 4.88. The van der Waals surface area contributed by atoms with E-state index in [4.69, 9.17) is 4.74 Å². The second-order valence-electron chi connectivity index (χ2n) is 7.09. The van der Waals surface area contributed by atoms with Crippen LogP contribution in [0.15, 0.2) is 63.8 Å². The number of carbonyl (C=O) groups excluding carboxylic acids is 1. The molecule has 3 heterocycles. The van der Waals surface area contributed by atoms with Crippen LogP contribution in [0, 0.1) is 5.92 Å². The van der Waals surface area contributed by atoms with Crippen LogP contribution in [0.5, 0.6) is 5.75 Å². The number of nitrogens with one attached hydrogen (secondary N) is 1. The third-order valence-electron chi connectivity index (χ3n) is 5.02. The van der Waals surface area contributed by atoms with Gasteiger partial charge in [-0.05, 0) is 54.6 Å². The molecule has 30 heavy (non-hydrogen) atoms. The van der Waals surface area contributed by atoms with Gasteiger partial charge in [-0.15, -0.1) is 21.5 Å². The third kappa shape index (κ3) is 5.31. The van der Waals surface area contributed by atoms with Crippen LogP contribution in [0.1, 0.15) is 17.7 Å². The van der Waals surface area contributed by atoms with Gasteiger partial charge < -0.3 is 15.0 Å². The van der Waals surface area contributed by atoms with Gasteiger partial charge in [-0.1, -0.05) is 23.9 Å². The number of aromatic nitrogens is 2. The molecule has 1 atom stereocenters. The van der Waals surface area contributed by atoms with Crippen LogP contribution in [0.3, 0.4) is 0 Å². The number of ether oxygens (including phenoxy) is 1. The number of hydrogen-bond acceptors (Lipinski definition) is 7. The van der Waals surface area contributed by atoms with Crippen LogP contribution in [0.2, 0.25) is 0 Å². The zero-order valence-corrected chi connectivity index (χ0v) is 18.4. The van der Waals surface area contributed by atoms with Crippen LogP contribution in [0.4, 0.5) is 5.82 Å². The van der Waals surface area contributed by atoms with Gasteiger partial charge in [0.1, 0.15) is 10.8 Å². The summed E-state index contributed by atoms with van der Waals surface area (Å²) in [6.45, 7) is 2.17. The molecule has 0 unspecified atom stereocenters. The Hall–Kier alpha value is -2.58. The Balaban J connectivity index is 1.34. The van der Waals surface area contributed by atoms with Crippen molar-refractivity contribution in [1.82, 2.24) is 15.5 Å². The van der Waals surface area contributed by atoms with Crippen LogP contribution < -0.4 is 15.0 Å². The lowest BCUT2D eigenvalue weighted by Crippen LogP contribution is -2.43. The summed E-state index contributed by atoms with van der Waals surface area (Å²) in [4.78, 5) is 17.0. The first-order valence-electron chi connectivity index (χ1n) is 9.92. The second kappa shape index (κ2) is 9.95. The fraction of sp³-hybridized carbons (Fsp3) is 0.318. The summed E-state index contributed by atoms with van der Waals surface area (Å²) in [7, 11) is 1.66. The largest absolute Gasteiger partial charge is 0.497 e. The lowest BCUT2D eigenvalue weighted by atomic mass is 9.97. The summed E-state index contributed by atoms with van der Waals surface area (Å²) in [5.74, 6) is 1.74. The van der Waals surface area contributed by atoms with E-state index in [0.717, 1.165) is 40.9 Å². The van der Waals surface area contributed by atoms with E-state index in [9.17, 15) is 4.79 Å². The molecule has 0 spiro atoms. The molecule has 2 aromatic heterocycles. The molecular weight excluding hydrogens is 416 g/mol. The predicted molar refractivity (Wildman–Crippen MR) is 120 cm³/mol. The normalized spacial score (nSPS) is 16.3. The molecule has 0 saturated carbocycles. The maximum atomic E-state index is 12.6. The molecule has 8 heteroatoms. The van der Waals surface area contributed by atoms with Crippen molar-refractivity contribution in [2.75, 3.05) is 25.1 Å². The van der Waals surface area contributed by atoms with E-state index in [1.54, 1.807) is 30.2 Å². The molecule has 0 bridgehead atoms. The topological polar surface area (TPSA) is 67.3 Å². The van der Waals surface area contributed by atoms with E-state index >= 15 is 0 Å². The van der Waals surface area contributed by atoms with Crippen molar-refractivity contribution in [2.45, 2.75) is 29.3 Å². The fourth-order valence-electron chi connectivity index (χ4n) is 3.45. The van der Waals surface area contributed by atoms with Crippen molar-refractivity contribution in [2.24, 2.45) is 5.92 Å². The summed E-state index contributed by atoms with van der Waals surface area (Å²) in [6.07, 6.45) is 1.88. The third-order valence-corrected chi connectivity index (χ3v) is 6.82. The van der Waals surface area contributed by atoms with Crippen LogP contribution in [-0.4, -0.2) is 36.3 Å². The lowest BCUT2D eigenvalue weighted by molar-refractivity contribution is -0.125. The van der Waals surface area contributed by atoms with Crippen molar-refractivity contribution < 1.29 is 9.53 Å². The predicted octanol–water partition coefficient (Wildman–Crippen LogP) is 4.23. The molecule has 1 saturated heterocycles. The number of piperidine rings is 1. The molecule has 6 nitrogen and oxygen atoms in total. The highest BCUT2D eigenvalue weighted by Gasteiger charge is 2.26. The van der Waals surface area contributed by atoms with Crippen molar-refractivity contribution in [3.63, 3.8) is 0 Å². The molecule has 0 radical (unpaired) electrons. The molecule has 1 aromatic carbocycles. The van der Waals surface area contributed by atoms with E-state index in [1.165, 1.54) is 4.88 Å². The van der Waals surface area contributed by atoms with Gasteiger partial charge in [0.05, 0.1) is 19.6 Å². The van der Waals surface area contributed by atoms with Gasteiger partial charge in [-0.3, -0.25) is 4.79 Å². The standard InChI is InChI=1S/C22H24N4O2S2/c1-28-17-6-2-7-18(13-17)30-21-10-9-20(24-25-21)26-11-3-5-16(15-26)22(27)23-14-19-8-4-12-29-19/h2,4,6-10,12-13,16H,3,5,11,14-15H2,1H3,(H,23,27)/t16-/m0/s1. The van der Waals surface area contributed by atoms with Gasteiger partial charge >= 0.3 is 0 Å². The maximum absolute atomic E-state index is 12.6. The number of amides is 1. The van der Waals surface area contributed by atoms with E-state index in [2.05, 4.69) is 20.4 Å². The minimum Gasteiger partial charge on any atom is -0.497 e. The first-order chi connectivity index (χ1) is 14.7. The number of thiophene rings is 1. The Labute approximate surface area is 184 Å². The van der Waals surface area contributed by atoms with E-state index < -0.39 is 0 Å². The van der Waals surface area contributed by atoms with Gasteiger partial charge in [0.15, 0.2) is 5.82 Å². The minimum atomic E-state index is -0.0219. The van der Waals surface area contributed by atoms with Gasteiger partial charge in [-0.2, -0.15) is 0 Å². The van der Waals surface area contributed by atoms with Crippen molar-refractivity contribution >= 4 is 34.8 Å². The Bertz CT molecular complexity index is 964. The minimum absolute atomic E-state index is 0.0219. The highest BCUT2D eigenvalue weighted by Crippen LogP contribution is 2.29. The number of methoxy groups -OCH3 is 1. The van der Waals surface area contributed by atoms with Gasteiger partial charge in [0.25, 0.3) is 0 Å². The van der Waals surface area contributed by atoms with Crippen LogP contribution in [0.25, 0.3) is 0 Å². The van der Waals surface area contributed by atoms with Gasteiger partial charge in [0, 0.05) is 22.9 Å². The number of carbonyl (C=O) groups is 1. The number of benzene rings is 1. The summed E-state index contributed by atoms with van der Waals surface area (Å²) in [5, 5.41) is 14.7. The summed E-state index contributed by atoms with van der Waals surface area (Å²) < 4.78 is 5.27. The smallest absolute Gasteiger partial charge is 0.225 e. The molecule has 1 amide bonds. The average molecular weight is 441 g/mol. The Morgan fingerprint density at radius 1 is 1.27 bits per heavy atom. The van der Waals surface area contributed by atoms with Crippen molar-refractivity contribution in [3.8, 4) is 5.75 Å². The van der Waals surface area contributed by atoms with Gasteiger partial charge in [-0.25, -0.2) is 0 Å². The molecule has 3 aromatic rings. The zero-order chi connectivity index (χ0) is 20.8. The van der Waals surface area contributed by atoms with Crippen molar-refractivity contribution in [3.05, 3.63) is 58.8 Å². The molecule has 0 aliphatic carbocycles. The maximum Gasteiger partial charge on any atom is 0.225 e. The van der Waals surface area contributed by atoms with E-state index in [1.807, 2.05) is 53.9 Å². The zero-order valence-electron chi connectivity index (χ0n) is 16.8. The second-order valence-corrected chi connectivity index (χ2v) is 9.22. The Morgan fingerprint density at radius 2 is 2.20 bits per heavy atom. The van der Waals surface area contributed by atoms with Crippen LogP contribution >= 0.6 is 23.1 Å². The van der Waals surface area contributed by atoms with E-state index in [-0.39, 0.29) is 11.8 Å². The summed E-state index contributed by atoms with van der Waals surface area (Å²) in [5.41, 5.74) is 0. The first-order valence-corrected chi connectivity index (χ1v) is 11.6. The summed E-state index contributed by atoms with van der Waals surface area (Å²) in [6, 6.07) is 15.9. The molecule has 4 rings (SSSR count). The Morgan fingerprint density at radius 3 is 2.97 bits per heavy atom. The molecule has 1 fully saturated rings. The molecule has 156 valence electrons. The van der Waals surface area contributed by atoms with Crippen molar-refractivity contribution in [1.29, 1.82) is 0 Å². The van der Waals surface area contributed by atoms with Gasteiger partial charge in [0.2, 0.25) is 5.91 Å². The monoisotopic (exact) mass is 440 g/mol. The molecule has 1 aliphatic heterocycles. The quantitative estimate of drug-likeness (QED) is 0.593. The highest BCUT2D eigenvalue weighted by atomic mass is 32.2. The number of hydrogen-bond donors (Lipinski definition) is 1. The molecule has 1 aliphatic rings.